The number of nitrogens with zero attached hydrogens (tertiary/aromatic N) is 4. The highest BCUT2D eigenvalue weighted by atomic mass is 35.5. The second kappa shape index (κ2) is 11.5. The number of halogens is 4. The van der Waals surface area contributed by atoms with Crippen LogP contribution in [0.3, 0.4) is 0 Å². The van der Waals surface area contributed by atoms with Gasteiger partial charge in [-0.15, -0.1) is 0 Å². The van der Waals surface area contributed by atoms with Gasteiger partial charge < -0.3 is 15.1 Å². The summed E-state index contributed by atoms with van der Waals surface area (Å²) in [7, 11) is 0. The van der Waals surface area contributed by atoms with Crippen LogP contribution in [0.1, 0.15) is 31.2 Å². The average Bonchev–Trinajstić information content (AvgIpc) is 2.85. The van der Waals surface area contributed by atoms with E-state index in [1.807, 2.05) is 29.2 Å². The van der Waals surface area contributed by atoms with Gasteiger partial charge in [0.1, 0.15) is 5.82 Å². The Labute approximate surface area is 209 Å². The third kappa shape index (κ3) is 7.01. The maximum atomic E-state index is 12.7. The predicted octanol–water partition coefficient (Wildman–Crippen LogP) is 4.44. The minimum Gasteiger partial charge on any atom is -0.368 e. The lowest BCUT2D eigenvalue weighted by Gasteiger charge is -2.36. The van der Waals surface area contributed by atoms with Gasteiger partial charge >= 0.3 is 6.18 Å². The number of hydrogen-bond acceptors (Lipinski definition) is 5. The Morgan fingerprint density at radius 2 is 1.71 bits per heavy atom. The third-order valence-electron chi connectivity index (χ3n) is 6.70. The van der Waals surface area contributed by atoms with E-state index < -0.39 is 11.7 Å². The number of anilines is 2. The summed E-state index contributed by atoms with van der Waals surface area (Å²) in [5.74, 6) is 0.600. The molecule has 3 heterocycles. The minimum absolute atomic E-state index is 0.0609. The van der Waals surface area contributed by atoms with Crippen molar-refractivity contribution in [2.45, 2.75) is 37.9 Å². The molecule has 6 nitrogen and oxygen atoms in total. The van der Waals surface area contributed by atoms with Crippen LogP contribution in [0.2, 0.25) is 5.02 Å². The highest BCUT2D eigenvalue weighted by Gasteiger charge is 2.31. The van der Waals surface area contributed by atoms with Gasteiger partial charge in [-0.1, -0.05) is 23.7 Å². The number of alkyl halides is 3. The first-order valence-corrected chi connectivity index (χ1v) is 12.5. The van der Waals surface area contributed by atoms with Crippen molar-refractivity contribution >= 4 is 29.0 Å². The molecular weight excluding hydrogens is 479 g/mol. The molecule has 1 aromatic heterocycles. The van der Waals surface area contributed by atoms with Crippen molar-refractivity contribution in [1.82, 2.24) is 15.2 Å². The normalized spacial score (nSPS) is 18.1. The van der Waals surface area contributed by atoms with Crippen molar-refractivity contribution in [2.24, 2.45) is 0 Å². The summed E-state index contributed by atoms with van der Waals surface area (Å²) in [6, 6.07) is 10.5. The van der Waals surface area contributed by atoms with Gasteiger partial charge in [0.05, 0.1) is 16.3 Å². The lowest BCUT2D eigenvalue weighted by Crippen LogP contribution is -2.47. The number of piperidine rings is 1. The van der Waals surface area contributed by atoms with Crippen LogP contribution in [0.15, 0.2) is 42.6 Å². The maximum absolute atomic E-state index is 12.7. The second-order valence-corrected chi connectivity index (χ2v) is 9.52. The molecule has 190 valence electrons. The first-order chi connectivity index (χ1) is 16.8. The molecule has 2 fully saturated rings. The molecule has 0 bridgehead atoms. The number of pyridine rings is 1. The molecule has 1 amide bonds. The SMILES string of the molecule is O=C(CCCN1CCN(c2ccccc2Cl)CC1)NC1CCN(c2ccc(C(F)(F)F)cn2)CC1. The number of para-hydroxylation sites is 1. The van der Waals surface area contributed by atoms with Gasteiger partial charge in [-0.2, -0.15) is 13.2 Å². The lowest BCUT2D eigenvalue weighted by atomic mass is 10.0. The number of rotatable bonds is 7. The summed E-state index contributed by atoms with van der Waals surface area (Å²) < 4.78 is 38.2. The number of carbonyl (C=O) groups is 1. The van der Waals surface area contributed by atoms with Crippen LogP contribution in [-0.2, 0) is 11.0 Å². The molecule has 0 atom stereocenters. The van der Waals surface area contributed by atoms with Gasteiger partial charge in [-0.3, -0.25) is 9.69 Å². The molecule has 0 saturated carbocycles. The van der Waals surface area contributed by atoms with E-state index in [9.17, 15) is 18.0 Å². The maximum Gasteiger partial charge on any atom is 0.417 e. The molecule has 0 unspecified atom stereocenters. The van der Waals surface area contributed by atoms with E-state index in [2.05, 4.69) is 20.1 Å². The number of amides is 1. The lowest BCUT2D eigenvalue weighted by molar-refractivity contribution is -0.137. The van der Waals surface area contributed by atoms with E-state index in [0.717, 1.165) is 75.0 Å². The zero-order valence-electron chi connectivity index (χ0n) is 19.6. The average molecular weight is 510 g/mol. The zero-order chi connectivity index (χ0) is 24.8. The van der Waals surface area contributed by atoms with Crippen LogP contribution in [0.4, 0.5) is 24.7 Å². The quantitative estimate of drug-likeness (QED) is 0.598. The van der Waals surface area contributed by atoms with Gasteiger partial charge in [0.2, 0.25) is 5.91 Å². The van der Waals surface area contributed by atoms with Gasteiger partial charge in [-0.25, -0.2) is 4.98 Å². The first kappa shape index (κ1) is 25.6. The van der Waals surface area contributed by atoms with Crippen LogP contribution < -0.4 is 15.1 Å². The fourth-order valence-corrected chi connectivity index (χ4v) is 4.93. The predicted molar refractivity (Wildman–Crippen MR) is 132 cm³/mol. The Morgan fingerprint density at radius 1 is 1.00 bits per heavy atom. The largest absolute Gasteiger partial charge is 0.417 e. The molecule has 4 rings (SSSR count). The molecule has 10 heteroatoms. The Hall–Kier alpha value is -2.52. The molecule has 0 radical (unpaired) electrons. The zero-order valence-corrected chi connectivity index (χ0v) is 20.4. The number of benzene rings is 1. The van der Waals surface area contributed by atoms with Gasteiger partial charge in [0.15, 0.2) is 0 Å². The number of nitrogens with one attached hydrogen (secondary N) is 1. The second-order valence-electron chi connectivity index (χ2n) is 9.12. The summed E-state index contributed by atoms with van der Waals surface area (Å²) >= 11 is 6.31. The Morgan fingerprint density at radius 3 is 2.34 bits per heavy atom. The van der Waals surface area contributed by atoms with E-state index in [1.165, 1.54) is 6.07 Å². The highest BCUT2D eigenvalue weighted by molar-refractivity contribution is 6.33. The van der Waals surface area contributed by atoms with Crippen LogP contribution in [0.5, 0.6) is 0 Å². The van der Waals surface area contributed by atoms with Crippen molar-refractivity contribution < 1.29 is 18.0 Å². The minimum atomic E-state index is -4.38. The number of piperazine rings is 1. The number of hydrogen-bond donors (Lipinski definition) is 1. The molecule has 2 aliphatic heterocycles. The topological polar surface area (TPSA) is 51.7 Å². The van der Waals surface area contributed by atoms with Gasteiger partial charge in [0, 0.05) is 57.9 Å². The van der Waals surface area contributed by atoms with Crippen molar-refractivity contribution in [2.75, 3.05) is 55.6 Å². The third-order valence-corrected chi connectivity index (χ3v) is 7.02. The number of carbonyl (C=O) groups excluding carboxylic acids is 1. The molecular formula is C25H31ClF3N5O. The van der Waals surface area contributed by atoms with E-state index in [0.29, 0.717) is 25.3 Å². The van der Waals surface area contributed by atoms with Crippen molar-refractivity contribution in [1.29, 1.82) is 0 Å². The first-order valence-electron chi connectivity index (χ1n) is 12.1. The fourth-order valence-electron chi connectivity index (χ4n) is 4.68. The van der Waals surface area contributed by atoms with Gasteiger partial charge in [-0.05, 0) is 50.1 Å². The molecule has 35 heavy (non-hydrogen) atoms. The molecule has 0 spiro atoms. The molecule has 1 N–H and O–H groups in total. The van der Waals surface area contributed by atoms with Crippen LogP contribution in [0, 0.1) is 0 Å². The summed E-state index contributed by atoms with van der Waals surface area (Å²) in [6.45, 7) is 5.93. The van der Waals surface area contributed by atoms with Crippen molar-refractivity contribution in [3.63, 3.8) is 0 Å². The van der Waals surface area contributed by atoms with Gasteiger partial charge in [0.25, 0.3) is 0 Å². The van der Waals surface area contributed by atoms with Crippen LogP contribution in [-0.4, -0.2) is 67.6 Å². The number of aromatic nitrogens is 1. The molecule has 0 aliphatic carbocycles. The van der Waals surface area contributed by atoms with E-state index in [-0.39, 0.29) is 11.9 Å². The van der Waals surface area contributed by atoms with Crippen molar-refractivity contribution in [3.8, 4) is 0 Å². The molecule has 2 aromatic rings. The van der Waals surface area contributed by atoms with Crippen molar-refractivity contribution in [3.05, 3.63) is 53.2 Å². The standard InChI is InChI=1S/C25H31ClF3N5O/c26-21-4-1-2-5-22(21)33-16-14-32(15-17-33)11-3-6-24(35)31-20-9-12-34(13-10-20)23-8-7-19(18-30-23)25(27,28)29/h1-2,4-5,7-8,18,20H,3,6,9-17H2,(H,31,35). The summed E-state index contributed by atoms with van der Waals surface area (Å²) in [5.41, 5.74) is 0.333. The molecule has 2 aliphatic rings. The van der Waals surface area contributed by atoms with Crippen LogP contribution >= 0.6 is 11.6 Å². The highest BCUT2D eigenvalue weighted by Crippen LogP contribution is 2.30. The Bertz CT molecular complexity index is 972. The van der Waals surface area contributed by atoms with E-state index in [4.69, 9.17) is 11.6 Å². The molecule has 2 saturated heterocycles. The van der Waals surface area contributed by atoms with Crippen LogP contribution in [0.25, 0.3) is 0 Å². The fraction of sp³-hybridized carbons (Fsp3) is 0.520. The smallest absolute Gasteiger partial charge is 0.368 e. The summed E-state index contributed by atoms with van der Waals surface area (Å²) in [6.07, 6.45) is -0.706. The Kier molecular flexibility index (Phi) is 8.38. The summed E-state index contributed by atoms with van der Waals surface area (Å²) in [5, 5.41) is 3.89. The Balaban J connectivity index is 1.12. The molecule has 1 aromatic carbocycles. The summed E-state index contributed by atoms with van der Waals surface area (Å²) in [4.78, 5) is 23.0. The monoisotopic (exact) mass is 509 g/mol. The van der Waals surface area contributed by atoms with E-state index in [1.54, 1.807) is 0 Å². The van der Waals surface area contributed by atoms with E-state index >= 15 is 0 Å².